The van der Waals surface area contributed by atoms with Crippen molar-refractivity contribution in [2.75, 3.05) is 12.3 Å². The number of rotatable bonds is 4. The molecule has 1 heterocycles. The maximum Gasteiger partial charge on any atom is 0.223 e. The Morgan fingerprint density at radius 2 is 1.89 bits per heavy atom. The molecule has 0 bridgehead atoms. The number of nitrogens with zero attached hydrogens (tertiary/aromatic N) is 3. The summed E-state index contributed by atoms with van der Waals surface area (Å²) in [5.41, 5.74) is 5.45. The summed E-state index contributed by atoms with van der Waals surface area (Å²) in [4.78, 5) is 13.1. The van der Waals surface area contributed by atoms with Crippen LogP contribution in [0.4, 0.5) is 5.95 Å². The van der Waals surface area contributed by atoms with Crippen LogP contribution in [0.15, 0.2) is 0 Å². The third-order valence-electron chi connectivity index (χ3n) is 3.93. The van der Waals surface area contributed by atoms with Gasteiger partial charge in [0.1, 0.15) is 11.4 Å². The molecule has 0 saturated heterocycles. The minimum absolute atomic E-state index is 0.305. The molecule has 106 valence electrons. The molecule has 0 radical (unpaired) electrons. The summed E-state index contributed by atoms with van der Waals surface area (Å²) in [5.74, 6) is 2.53. The molecule has 1 aromatic heterocycles. The second-order valence-corrected chi connectivity index (χ2v) is 5.40. The highest BCUT2D eigenvalue weighted by atomic mass is 16.5. The monoisotopic (exact) mass is 264 g/mol. The highest BCUT2D eigenvalue weighted by Crippen LogP contribution is 2.41. The van der Waals surface area contributed by atoms with Crippen LogP contribution in [0.3, 0.4) is 0 Å². The van der Waals surface area contributed by atoms with Crippen LogP contribution in [0, 0.1) is 5.92 Å². The Morgan fingerprint density at radius 1 is 1.21 bits per heavy atom. The van der Waals surface area contributed by atoms with Gasteiger partial charge in [-0.15, -0.1) is 0 Å². The molecule has 19 heavy (non-hydrogen) atoms. The maximum absolute atomic E-state index is 6.05. The third kappa shape index (κ3) is 3.03. The van der Waals surface area contributed by atoms with E-state index in [-0.39, 0.29) is 5.60 Å². The predicted octanol–water partition coefficient (Wildman–Crippen LogP) is 2.46. The lowest BCUT2D eigenvalue weighted by Crippen LogP contribution is -2.37. The van der Waals surface area contributed by atoms with Gasteiger partial charge in [-0.1, -0.05) is 13.8 Å². The molecule has 5 heteroatoms. The first-order valence-corrected chi connectivity index (χ1v) is 7.24. The predicted molar refractivity (Wildman–Crippen MR) is 74.6 cm³/mol. The number of nitrogen functional groups attached to an aromatic ring is 1. The Labute approximate surface area is 115 Å². The second kappa shape index (κ2) is 5.82. The van der Waals surface area contributed by atoms with Gasteiger partial charge in [0, 0.05) is 13.0 Å². The lowest BCUT2D eigenvalue weighted by Gasteiger charge is -2.37. The number of ether oxygens (including phenoxy) is 1. The van der Waals surface area contributed by atoms with Crippen molar-refractivity contribution in [2.45, 2.75) is 58.5 Å². The van der Waals surface area contributed by atoms with E-state index in [1.54, 1.807) is 0 Å². The van der Waals surface area contributed by atoms with Gasteiger partial charge in [0.25, 0.3) is 0 Å². The summed E-state index contributed by atoms with van der Waals surface area (Å²) < 4.78 is 6.05. The molecule has 1 aromatic rings. The largest absolute Gasteiger partial charge is 0.368 e. The summed E-state index contributed by atoms with van der Waals surface area (Å²) in [6.45, 7) is 7.00. The van der Waals surface area contributed by atoms with Gasteiger partial charge in [0.15, 0.2) is 5.82 Å². The standard InChI is InChI=1S/C14H24N4O/c1-4-11-16-12(18-13(15)17-11)14(19-5-2)8-6-10(3)7-9-14/h10H,4-9H2,1-3H3,(H2,15,16,17,18). The molecule has 1 fully saturated rings. The van der Waals surface area contributed by atoms with Crippen molar-refractivity contribution in [1.82, 2.24) is 15.0 Å². The van der Waals surface area contributed by atoms with Crippen molar-refractivity contribution in [1.29, 1.82) is 0 Å². The van der Waals surface area contributed by atoms with Gasteiger partial charge in [-0.3, -0.25) is 0 Å². The summed E-state index contributed by atoms with van der Waals surface area (Å²) in [7, 11) is 0. The maximum atomic E-state index is 6.05. The van der Waals surface area contributed by atoms with Crippen LogP contribution in [0.5, 0.6) is 0 Å². The minimum Gasteiger partial charge on any atom is -0.368 e. The molecule has 0 aromatic carbocycles. The van der Waals surface area contributed by atoms with Crippen molar-refractivity contribution in [3.05, 3.63) is 11.6 Å². The fourth-order valence-corrected chi connectivity index (χ4v) is 2.74. The second-order valence-electron chi connectivity index (χ2n) is 5.40. The number of nitrogens with two attached hydrogens (primary N) is 1. The zero-order chi connectivity index (χ0) is 13.9. The third-order valence-corrected chi connectivity index (χ3v) is 3.93. The molecule has 1 aliphatic carbocycles. The smallest absolute Gasteiger partial charge is 0.223 e. The number of hydrogen-bond acceptors (Lipinski definition) is 5. The van der Waals surface area contributed by atoms with Crippen LogP contribution in [0.2, 0.25) is 0 Å². The van der Waals surface area contributed by atoms with Gasteiger partial charge in [-0.2, -0.15) is 9.97 Å². The Kier molecular flexibility index (Phi) is 4.34. The van der Waals surface area contributed by atoms with Gasteiger partial charge in [-0.25, -0.2) is 4.98 Å². The van der Waals surface area contributed by atoms with Crippen molar-refractivity contribution in [3.8, 4) is 0 Å². The molecular formula is C14H24N4O. The molecule has 0 aliphatic heterocycles. The van der Waals surface area contributed by atoms with Gasteiger partial charge in [0.2, 0.25) is 5.95 Å². The fraction of sp³-hybridized carbons (Fsp3) is 0.786. The number of aryl methyl sites for hydroxylation is 1. The summed E-state index contributed by atoms with van der Waals surface area (Å²) in [5, 5.41) is 0. The van der Waals surface area contributed by atoms with E-state index >= 15 is 0 Å². The molecule has 5 nitrogen and oxygen atoms in total. The molecule has 0 amide bonds. The van der Waals surface area contributed by atoms with E-state index in [1.807, 2.05) is 13.8 Å². The first-order chi connectivity index (χ1) is 9.09. The molecule has 0 spiro atoms. The molecule has 2 N–H and O–H groups in total. The lowest BCUT2D eigenvalue weighted by molar-refractivity contribution is -0.0838. The zero-order valence-corrected chi connectivity index (χ0v) is 12.1. The summed E-state index contributed by atoms with van der Waals surface area (Å²) in [6.07, 6.45) is 4.99. The van der Waals surface area contributed by atoms with Crippen LogP contribution in [0.25, 0.3) is 0 Å². The van der Waals surface area contributed by atoms with E-state index in [1.165, 1.54) is 0 Å². The van der Waals surface area contributed by atoms with Gasteiger partial charge < -0.3 is 10.5 Å². The Bertz CT molecular complexity index is 427. The topological polar surface area (TPSA) is 73.9 Å². The molecule has 2 rings (SSSR count). The molecule has 1 aliphatic rings. The van der Waals surface area contributed by atoms with Crippen LogP contribution < -0.4 is 5.73 Å². The Hall–Kier alpha value is -1.23. The molecule has 1 saturated carbocycles. The molecule has 0 atom stereocenters. The minimum atomic E-state index is -0.359. The van der Waals surface area contributed by atoms with Crippen molar-refractivity contribution in [2.24, 2.45) is 5.92 Å². The van der Waals surface area contributed by atoms with Gasteiger partial charge in [0.05, 0.1) is 0 Å². The fourth-order valence-electron chi connectivity index (χ4n) is 2.74. The normalized spacial score (nSPS) is 27.4. The van der Waals surface area contributed by atoms with Crippen molar-refractivity contribution >= 4 is 5.95 Å². The summed E-state index contributed by atoms with van der Waals surface area (Å²) >= 11 is 0. The SMILES string of the molecule is CCOC1(c2nc(N)nc(CC)n2)CCC(C)CC1. The van der Waals surface area contributed by atoms with E-state index in [4.69, 9.17) is 10.5 Å². The van der Waals surface area contributed by atoms with E-state index < -0.39 is 0 Å². The highest BCUT2D eigenvalue weighted by Gasteiger charge is 2.39. The molecule has 0 unspecified atom stereocenters. The highest BCUT2D eigenvalue weighted by molar-refractivity contribution is 5.19. The van der Waals surface area contributed by atoms with Crippen molar-refractivity contribution in [3.63, 3.8) is 0 Å². The van der Waals surface area contributed by atoms with E-state index in [2.05, 4.69) is 21.9 Å². The van der Waals surface area contributed by atoms with Crippen LogP contribution in [0.1, 0.15) is 58.1 Å². The van der Waals surface area contributed by atoms with E-state index in [9.17, 15) is 0 Å². The lowest BCUT2D eigenvalue weighted by atomic mass is 9.79. The van der Waals surface area contributed by atoms with Crippen LogP contribution in [-0.4, -0.2) is 21.6 Å². The molecular weight excluding hydrogens is 240 g/mol. The quantitative estimate of drug-likeness (QED) is 0.904. The van der Waals surface area contributed by atoms with Gasteiger partial charge >= 0.3 is 0 Å². The van der Waals surface area contributed by atoms with Crippen LogP contribution in [-0.2, 0) is 16.8 Å². The Balaban J connectivity index is 2.35. The van der Waals surface area contributed by atoms with E-state index in [0.717, 1.165) is 49.7 Å². The van der Waals surface area contributed by atoms with Crippen LogP contribution >= 0.6 is 0 Å². The Morgan fingerprint density at radius 3 is 2.47 bits per heavy atom. The summed E-state index contributed by atoms with van der Waals surface area (Å²) in [6, 6.07) is 0. The van der Waals surface area contributed by atoms with Crippen molar-refractivity contribution < 1.29 is 4.74 Å². The number of anilines is 1. The average molecular weight is 264 g/mol. The number of aromatic nitrogens is 3. The van der Waals surface area contributed by atoms with E-state index in [0.29, 0.717) is 12.6 Å². The first kappa shape index (κ1) is 14.2. The average Bonchev–Trinajstić information content (AvgIpc) is 2.41. The number of hydrogen-bond donors (Lipinski definition) is 1. The first-order valence-electron chi connectivity index (χ1n) is 7.24. The van der Waals surface area contributed by atoms with Gasteiger partial charge in [-0.05, 0) is 38.5 Å². The zero-order valence-electron chi connectivity index (χ0n) is 12.1.